The van der Waals surface area contributed by atoms with Crippen LogP contribution in [0.25, 0.3) is 0 Å². The maximum absolute atomic E-state index is 12.4. The molecule has 1 aromatic heterocycles. The predicted molar refractivity (Wildman–Crippen MR) is 69.7 cm³/mol. The summed E-state index contributed by atoms with van der Waals surface area (Å²) in [4.78, 5) is 0.292. The Hall–Kier alpha value is -0.880. The Bertz CT molecular complexity index is 489. The van der Waals surface area contributed by atoms with E-state index in [9.17, 15) is 8.42 Å². The summed E-state index contributed by atoms with van der Waals surface area (Å²) < 4.78 is 26.2. The molecule has 0 aliphatic heterocycles. The van der Waals surface area contributed by atoms with Crippen molar-refractivity contribution in [3.63, 3.8) is 0 Å². The fourth-order valence-electron chi connectivity index (χ4n) is 2.60. The van der Waals surface area contributed by atoms with Gasteiger partial charge >= 0.3 is 0 Å². The van der Waals surface area contributed by atoms with Gasteiger partial charge in [0.25, 0.3) is 0 Å². The van der Waals surface area contributed by atoms with E-state index >= 15 is 0 Å². The first-order valence-electron chi connectivity index (χ1n) is 6.48. The quantitative estimate of drug-likeness (QED) is 0.909. The van der Waals surface area contributed by atoms with Gasteiger partial charge in [0.1, 0.15) is 4.90 Å². The minimum atomic E-state index is -3.39. The number of aromatic amines is 1. The summed E-state index contributed by atoms with van der Waals surface area (Å²) in [6.07, 6.45) is 7.41. The molecule has 5 nitrogen and oxygen atoms in total. The van der Waals surface area contributed by atoms with Gasteiger partial charge < -0.3 is 0 Å². The number of sulfonamides is 1. The van der Waals surface area contributed by atoms with Crippen molar-refractivity contribution in [2.75, 3.05) is 13.6 Å². The molecule has 0 spiro atoms. The summed E-state index contributed by atoms with van der Waals surface area (Å²) in [6.45, 7) is 2.35. The van der Waals surface area contributed by atoms with Crippen molar-refractivity contribution in [2.24, 2.45) is 5.92 Å². The van der Waals surface area contributed by atoms with Crippen molar-refractivity contribution in [3.8, 4) is 0 Å². The number of H-pyrrole nitrogens is 1. The fraction of sp³-hybridized carbons (Fsp3) is 0.750. The lowest BCUT2D eigenvalue weighted by molar-refractivity contribution is 0.300. The van der Waals surface area contributed by atoms with Gasteiger partial charge in [-0.2, -0.15) is 5.10 Å². The van der Waals surface area contributed by atoms with Crippen LogP contribution < -0.4 is 0 Å². The Morgan fingerprint density at radius 3 is 2.61 bits per heavy atom. The van der Waals surface area contributed by atoms with Gasteiger partial charge in [-0.25, -0.2) is 12.7 Å². The molecule has 1 heterocycles. The molecule has 6 heteroatoms. The molecule has 0 aromatic carbocycles. The molecule has 0 amide bonds. The molecule has 0 unspecified atom stereocenters. The number of nitrogens with zero attached hydrogens (tertiary/aromatic N) is 2. The topological polar surface area (TPSA) is 66.1 Å². The van der Waals surface area contributed by atoms with Crippen LogP contribution >= 0.6 is 0 Å². The van der Waals surface area contributed by atoms with Gasteiger partial charge in [0.05, 0.1) is 11.9 Å². The smallest absolute Gasteiger partial charge is 0.246 e. The molecule has 0 radical (unpaired) electrons. The summed E-state index contributed by atoms with van der Waals surface area (Å²) in [5.41, 5.74) is 0.602. The second kappa shape index (κ2) is 5.40. The number of rotatable bonds is 4. The molecule has 1 aliphatic carbocycles. The van der Waals surface area contributed by atoms with E-state index in [2.05, 4.69) is 10.2 Å². The lowest BCUT2D eigenvalue weighted by Gasteiger charge is -2.26. The van der Waals surface area contributed by atoms with Crippen molar-refractivity contribution in [1.82, 2.24) is 14.5 Å². The standard InChI is InChI=1S/C12H21N3O2S/c1-10-12(8-13-14-10)18(16,17)15(2)9-11-6-4-3-5-7-11/h8,11H,3-7,9H2,1-2H3,(H,13,14). The molecule has 1 saturated carbocycles. The highest BCUT2D eigenvalue weighted by Gasteiger charge is 2.26. The number of nitrogens with one attached hydrogen (secondary N) is 1. The zero-order valence-electron chi connectivity index (χ0n) is 11.0. The highest BCUT2D eigenvalue weighted by Crippen LogP contribution is 2.26. The molecule has 102 valence electrons. The van der Waals surface area contributed by atoms with Crippen LogP contribution in [0.1, 0.15) is 37.8 Å². The predicted octanol–water partition coefficient (Wildman–Crippen LogP) is 1.92. The van der Waals surface area contributed by atoms with Crippen LogP contribution in [-0.2, 0) is 10.0 Å². The molecule has 0 bridgehead atoms. The van der Waals surface area contributed by atoms with Gasteiger partial charge in [-0.3, -0.25) is 5.10 Å². The van der Waals surface area contributed by atoms with Crippen LogP contribution in [0.4, 0.5) is 0 Å². The Balaban J connectivity index is 2.08. The first-order chi connectivity index (χ1) is 8.51. The van der Waals surface area contributed by atoms with Crippen molar-refractivity contribution in [3.05, 3.63) is 11.9 Å². The van der Waals surface area contributed by atoms with Crippen molar-refractivity contribution >= 4 is 10.0 Å². The highest BCUT2D eigenvalue weighted by molar-refractivity contribution is 7.89. The molecule has 2 rings (SSSR count). The minimum Gasteiger partial charge on any atom is -0.281 e. The van der Waals surface area contributed by atoms with Crippen LogP contribution in [0.2, 0.25) is 0 Å². The van der Waals surface area contributed by atoms with E-state index in [-0.39, 0.29) is 0 Å². The number of hydrogen-bond donors (Lipinski definition) is 1. The third-order valence-electron chi connectivity index (χ3n) is 3.71. The third-order valence-corrected chi connectivity index (χ3v) is 5.65. The highest BCUT2D eigenvalue weighted by atomic mass is 32.2. The second-order valence-corrected chi connectivity index (χ2v) is 7.16. The Labute approximate surface area is 109 Å². The van der Waals surface area contributed by atoms with E-state index in [1.807, 2.05) is 0 Å². The summed E-state index contributed by atoms with van der Waals surface area (Å²) >= 11 is 0. The van der Waals surface area contributed by atoms with Gasteiger partial charge in [0.15, 0.2) is 0 Å². The van der Waals surface area contributed by atoms with Crippen LogP contribution in [0.15, 0.2) is 11.1 Å². The lowest BCUT2D eigenvalue weighted by Crippen LogP contribution is -2.32. The largest absolute Gasteiger partial charge is 0.281 e. The zero-order chi connectivity index (χ0) is 13.2. The molecule has 1 aromatic rings. The normalized spacial score (nSPS) is 18.4. The Morgan fingerprint density at radius 2 is 2.06 bits per heavy atom. The summed E-state index contributed by atoms with van der Waals surface area (Å²) in [5, 5.41) is 6.46. The lowest BCUT2D eigenvalue weighted by atomic mass is 9.89. The van der Waals surface area contributed by atoms with Gasteiger partial charge in [0.2, 0.25) is 10.0 Å². The molecule has 0 atom stereocenters. The second-order valence-electron chi connectivity index (χ2n) is 5.15. The van der Waals surface area contributed by atoms with E-state index in [1.54, 1.807) is 14.0 Å². The summed E-state index contributed by atoms with van der Waals surface area (Å²) in [7, 11) is -1.72. The number of aryl methyl sites for hydroxylation is 1. The average molecular weight is 271 g/mol. The van der Waals surface area contributed by atoms with E-state index in [0.717, 1.165) is 12.8 Å². The summed E-state index contributed by atoms with van der Waals surface area (Å²) in [6, 6.07) is 0. The van der Waals surface area contributed by atoms with Gasteiger partial charge in [-0.15, -0.1) is 0 Å². The molecule has 1 fully saturated rings. The van der Waals surface area contributed by atoms with Gasteiger partial charge in [-0.1, -0.05) is 19.3 Å². The fourth-order valence-corrected chi connectivity index (χ4v) is 3.96. The van der Waals surface area contributed by atoms with Crippen molar-refractivity contribution in [1.29, 1.82) is 0 Å². The third kappa shape index (κ3) is 2.75. The van der Waals surface area contributed by atoms with Crippen molar-refractivity contribution < 1.29 is 8.42 Å². The SMILES string of the molecule is Cc1[nH]ncc1S(=O)(=O)N(C)CC1CCCCC1. The molecule has 1 N–H and O–H groups in total. The Morgan fingerprint density at radius 1 is 1.39 bits per heavy atom. The zero-order valence-corrected chi connectivity index (χ0v) is 11.8. The van der Waals surface area contributed by atoms with Crippen LogP contribution in [-0.4, -0.2) is 36.5 Å². The molecule has 0 saturated heterocycles. The van der Waals surface area contributed by atoms with Crippen molar-refractivity contribution in [2.45, 2.75) is 43.9 Å². The maximum atomic E-state index is 12.4. The van der Waals surface area contributed by atoms with E-state index < -0.39 is 10.0 Å². The van der Waals surface area contributed by atoms with E-state index in [0.29, 0.717) is 23.1 Å². The van der Waals surface area contributed by atoms with Crippen LogP contribution in [0.5, 0.6) is 0 Å². The molecular weight excluding hydrogens is 250 g/mol. The first-order valence-corrected chi connectivity index (χ1v) is 7.92. The van der Waals surface area contributed by atoms with Crippen LogP contribution in [0.3, 0.4) is 0 Å². The summed E-state index contributed by atoms with van der Waals surface area (Å²) in [5.74, 6) is 0.505. The maximum Gasteiger partial charge on any atom is 0.246 e. The molecule has 18 heavy (non-hydrogen) atoms. The first kappa shape index (κ1) is 13.5. The Kier molecular flexibility index (Phi) is 4.07. The number of aromatic nitrogens is 2. The van der Waals surface area contributed by atoms with Crippen LogP contribution in [0, 0.1) is 12.8 Å². The van der Waals surface area contributed by atoms with E-state index in [4.69, 9.17) is 0 Å². The molecule has 1 aliphatic rings. The van der Waals surface area contributed by atoms with Gasteiger partial charge in [0, 0.05) is 13.6 Å². The van der Waals surface area contributed by atoms with Gasteiger partial charge in [-0.05, 0) is 25.7 Å². The van der Waals surface area contributed by atoms with E-state index in [1.165, 1.54) is 29.8 Å². The minimum absolute atomic E-state index is 0.292. The monoisotopic (exact) mass is 271 g/mol. The average Bonchev–Trinajstić information content (AvgIpc) is 2.77. The number of hydrogen-bond acceptors (Lipinski definition) is 3. The molecular formula is C12H21N3O2S.